The lowest BCUT2D eigenvalue weighted by Crippen LogP contribution is -2.52. The zero-order valence-corrected chi connectivity index (χ0v) is 27.6. The van der Waals surface area contributed by atoms with Gasteiger partial charge in [0.1, 0.15) is 17.7 Å². The molecule has 1 aromatic rings. The Labute approximate surface area is 256 Å². The Kier molecular flexibility index (Phi) is 9.65. The number of amides is 3. The highest BCUT2D eigenvalue weighted by atomic mass is 19.1. The summed E-state index contributed by atoms with van der Waals surface area (Å²) in [6, 6.07) is 2.65. The second kappa shape index (κ2) is 12.4. The molecule has 3 amide bonds. The maximum atomic E-state index is 15.2. The summed E-state index contributed by atoms with van der Waals surface area (Å²) >= 11 is 0. The van der Waals surface area contributed by atoms with Crippen LogP contribution in [0.3, 0.4) is 0 Å². The van der Waals surface area contributed by atoms with Crippen LogP contribution in [0.5, 0.6) is 0 Å². The first-order valence-electron chi connectivity index (χ1n) is 15.9. The first kappa shape index (κ1) is 33.3. The number of benzene rings is 1. The Morgan fingerprint density at radius 3 is 2.14 bits per heavy atom. The summed E-state index contributed by atoms with van der Waals surface area (Å²) in [5, 5.41) is 0. The molecule has 2 aliphatic heterocycles. The second-order valence-electron chi connectivity index (χ2n) is 15.4. The minimum Gasteiger partial charge on any atom is -0.347 e. The second-order valence-corrected chi connectivity index (χ2v) is 15.4. The molecule has 0 bridgehead atoms. The summed E-state index contributed by atoms with van der Waals surface area (Å²) in [4.78, 5) is 49.3. The van der Waals surface area contributed by atoms with E-state index in [1.807, 2.05) is 18.7 Å². The van der Waals surface area contributed by atoms with E-state index in [-0.39, 0.29) is 53.2 Å². The van der Waals surface area contributed by atoms with E-state index < -0.39 is 29.5 Å². The van der Waals surface area contributed by atoms with Crippen molar-refractivity contribution < 1.29 is 23.2 Å². The molecule has 1 unspecified atom stereocenters. The molecule has 1 aliphatic carbocycles. The number of rotatable bonds is 6. The topological polar surface area (TPSA) is 64.2 Å². The molecule has 0 aromatic heterocycles. The maximum absolute atomic E-state index is 15.2. The summed E-state index contributed by atoms with van der Waals surface area (Å²) in [5.74, 6) is -2.94. The van der Waals surface area contributed by atoms with Gasteiger partial charge in [-0.25, -0.2) is 8.78 Å². The van der Waals surface area contributed by atoms with Crippen LogP contribution in [0.1, 0.15) is 92.1 Å². The number of nitrogens with zero attached hydrogens (tertiary/aromatic N) is 4. The highest BCUT2D eigenvalue weighted by Gasteiger charge is 2.51. The van der Waals surface area contributed by atoms with Crippen LogP contribution in [0.15, 0.2) is 18.2 Å². The van der Waals surface area contributed by atoms with Gasteiger partial charge in [-0.05, 0) is 69.9 Å². The Morgan fingerprint density at radius 1 is 0.977 bits per heavy atom. The molecule has 0 N–H and O–H groups in total. The van der Waals surface area contributed by atoms with Crippen LogP contribution in [0.2, 0.25) is 0 Å². The molecule has 1 aromatic carbocycles. The maximum Gasteiger partial charge on any atom is 0.244 e. The van der Waals surface area contributed by atoms with Gasteiger partial charge in [-0.15, -0.1) is 0 Å². The molecule has 3 fully saturated rings. The van der Waals surface area contributed by atoms with Crippen molar-refractivity contribution in [1.82, 2.24) is 19.6 Å². The van der Waals surface area contributed by atoms with Crippen LogP contribution in [-0.4, -0.2) is 94.7 Å². The fourth-order valence-corrected chi connectivity index (χ4v) is 7.34. The fraction of sp³-hybridized carbons (Fsp3) is 0.735. The molecule has 3 aliphatic rings. The Morgan fingerprint density at radius 2 is 1.60 bits per heavy atom. The van der Waals surface area contributed by atoms with Crippen molar-refractivity contribution in [2.45, 2.75) is 110 Å². The number of hydrogen-bond acceptors (Lipinski definition) is 4. The standard InChI is InChI=1S/C34H52F2N4O3/c1-21(2)30(41)40(23-12-14-34(6,7)15-13-23)24-17-29(32(43)37(8)9)39(18-24)31(42)27-20-38(33(3,4)5)19-26(27)25-11-10-22(35)16-28(25)36/h10-11,16,21,23-24,26-27,29H,12-15,17-20H2,1-9H3/t24-,26-,27?,29-/m0/s1. The molecule has 4 rings (SSSR count). The van der Waals surface area contributed by atoms with Crippen LogP contribution in [-0.2, 0) is 14.4 Å². The quantitative estimate of drug-likeness (QED) is 0.444. The summed E-state index contributed by atoms with van der Waals surface area (Å²) in [6.45, 7) is 15.6. The first-order chi connectivity index (χ1) is 19.9. The van der Waals surface area contributed by atoms with Gasteiger partial charge in [-0.2, -0.15) is 0 Å². The van der Waals surface area contributed by atoms with E-state index in [2.05, 4.69) is 39.5 Å². The lowest BCUT2D eigenvalue weighted by Gasteiger charge is -2.43. The summed E-state index contributed by atoms with van der Waals surface area (Å²) in [5.41, 5.74) is 0.279. The van der Waals surface area contributed by atoms with Crippen LogP contribution in [0, 0.1) is 28.9 Å². The van der Waals surface area contributed by atoms with E-state index in [0.717, 1.165) is 31.7 Å². The van der Waals surface area contributed by atoms with Crippen molar-refractivity contribution in [3.8, 4) is 0 Å². The van der Waals surface area contributed by atoms with Crippen molar-refractivity contribution in [3.63, 3.8) is 0 Å². The third-order valence-corrected chi connectivity index (χ3v) is 10.1. The number of likely N-dealkylation sites (N-methyl/N-ethyl adjacent to an activating group) is 1. The average molecular weight is 603 g/mol. The van der Waals surface area contributed by atoms with Crippen LogP contribution in [0.25, 0.3) is 0 Å². The highest BCUT2D eigenvalue weighted by Crippen LogP contribution is 2.42. The SMILES string of the molecule is CC(C)C(=O)N(C1CCC(C)(C)CC1)[C@H]1C[C@@H](C(=O)N(C)C)N(C(=O)C2CN(C(C)(C)C)C[C@H]2c2ccc(F)cc2F)C1. The lowest BCUT2D eigenvalue weighted by atomic mass is 9.75. The molecular formula is C34H52F2N4O3. The molecule has 1 saturated carbocycles. The van der Waals surface area contributed by atoms with Gasteiger partial charge in [0.2, 0.25) is 17.7 Å². The third-order valence-electron chi connectivity index (χ3n) is 10.1. The minimum absolute atomic E-state index is 0.0612. The van der Waals surface area contributed by atoms with Crippen molar-refractivity contribution in [2.24, 2.45) is 17.3 Å². The molecule has 9 heteroatoms. The predicted octanol–water partition coefficient (Wildman–Crippen LogP) is 5.29. The largest absolute Gasteiger partial charge is 0.347 e. The van der Waals surface area contributed by atoms with Gasteiger partial charge in [-0.1, -0.05) is 33.8 Å². The predicted molar refractivity (Wildman–Crippen MR) is 164 cm³/mol. The van der Waals surface area contributed by atoms with Gasteiger partial charge in [-0.3, -0.25) is 19.3 Å². The van der Waals surface area contributed by atoms with E-state index >= 15 is 4.39 Å². The third kappa shape index (κ3) is 7.07. The number of hydrogen-bond donors (Lipinski definition) is 0. The molecule has 0 spiro atoms. The van der Waals surface area contributed by atoms with Gasteiger partial charge in [0.25, 0.3) is 0 Å². The monoisotopic (exact) mass is 602 g/mol. The zero-order valence-electron chi connectivity index (χ0n) is 27.6. The molecule has 240 valence electrons. The van der Waals surface area contributed by atoms with E-state index in [1.54, 1.807) is 19.0 Å². The normalized spacial score (nSPS) is 26.7. The van der Waals surface area contributed by atoms with Crippen molar-refractivity contribution in [3.05, 3.63) is 35.4 Å². The van der Waals surface area contributed by atoms with Crippen molar-refractivity contribution in [1.29, 1.82) is 0 Å². The number of likely N-dealkylation sites (tertiary alicyclic amines) is 2. The van der Waals surface area contributed by atoms with Gasteiger partial charge in [0.15, 0.2) is 0 Å². The number of halogens is 2. The zero-order chi connectivity index (χ0) is 32.0. The number of carbonyl (C=O) groups excluding carboxylic acids is 3. The Bertz CT molecular complexity index is 1200. The van der Waals surface area contributed by atoms with E-state index in [0.29, 0.717) is 25.1 Å². The number of carbonyl (C=O) groups is 3. The summed E-state index contributed by atoms with van der Waals surface area (Å²) in [6.07, 6.45) is 4.22. The molecular weight excluding hydrogens is 550 g/mol. The minimum atomic E-state index is -0.711. The molecule has 7 nitrogen and oxygen atoms in total. The van der Waals surface area contributed by atoms with Gasteiger partial charge >= 0.3 is 0 Å². The fourth-order valence-electron chi connectivity index (χ4n) is 7.34. The molecule has 2 heterocycles. The van der Waals surface area contributed by atoms with Crippen LogP contribution < -0.4 is 0 Å². The van der Waals surface area contributed by atoms with Crippen LogP contribution >= 0.6 is 0 Å². The Balaban J connectivity index is 1.69. The first-order valence-corrected chi connectivity index (χ1v) is 15.9. The van der Waals surface area contributed by atoms with E-state index in [1.165, 1.54) is 17.0 Å². The van der Waals surface area contributed by atoms with E-state index in [4.69, 9.17) is 0 Å². The molecule has 4 atom stereocenters. The highest BCUT2D eigenvalue weighted by molar-refractivity contribution is 5.90. The van der Waals surface area contributed by atoms with Gasteiger partial charge in [0, 0.05) is 63.2 Å². The van der Waals surface area contributed by atoms with Gasteiger partial charge < -0.3 is 14.7 Å². The average Bonchev–Trinajstić information content (AvgIpc) is 3.54. The van der Waals surface area contributed by atoms with Crippen LogP contribution in [0.4, 0.5) is 8.78 Å². The molecule has 0 radical (unpaired) electrons. The van der Waals surface area contributed by atoms with E-state index in [9.17, 15) is 18.8 Å². The van der Waals surface area contributed by atoms with Crippen molar-refractivity contribution in [2.75, 3.05) is 33.7 Å². The molecule has 2 saturated heterocycles. The summed E-state index contributed by atoms with van der Waals surface area (Å²) < 4.78 is 29.0. The smallest absolute Gasteiger partial charge is 0.244 e. The Hall–Kier alpha value is -2.55. The van der Waals surface area contributed by atoms with Gasteiger partial charge in [0.05, 0.1) is 12.0 Å². The summed E-state index contributed by atoms with van der Waals surface area (Å²) in [7, 11) is 3.37. The molecule has 43 heavy (non-hydrogen) atoms. The lowest BCUT2D eigenvalue weighted by molar-refractivity contribution is -0.145. The van der Waals surface area contributed by atoms with Crippen molar-refractivity contribution >= 4 is 17.7 Å².